The topological polar surface area (TPSA) is 86.2 Å². The highest BCUT2D eigenvalue weighted by Crippen LogP contribution is 2.25. The molecule has 0 atom stereocenters. The minimum Gasteiger partial charge on any atom is -0.507 e. The number of nitrogens with zero attached hydrogens (tertiary/aromatic N) is 2. The molecule has 0 aliphatic carbocycles. The fraction of sp³-hybridized carbons (Fsp3) is 0.167. The summed E-state index contributed by atoms with van der Waals surface area (Å²) < 4.78 is 5.67. The summed E-state index contributed by atoms with van der Waals surface area (Å²) in [5, 5.41) is 17.8. The van der Waals surface area contributed by atoms with Crippen LogP contribution in [0.3, 0.4) is 0 Å². The third-order valence-electron chi connectivity index (χ3n) is 4.49. The summed E-state index contributed by atoms with van der Waals surface area (Å²) in [7, 11) is 3.99. The highest BCUT2D eigenvalue weighted by molar-refractivity contribution is 6.35. The fourth-order valence-electron chi connectivity index (χ4n) is 2.90. The smallest absolute Gasteiger partial charge is 0.339 e. The summed E-state index contributed by atoms with van der Waals surface area (Å²) in [6, 6.07) is 17.0. The van der Waals surface area contributed by atoms with Crippen molar-refractivity contribution in [1.29, 1.82) is 0 Å². The van der Waals surface area contributed by atoms with Gasteiger partial charge >= 0.3 is 6.03 Å². The van der Waals surface area contributed by atoms with Crippen LogP contribution in [0.5, 0.6) is 11.5 Å². The second-order valence-electron chi connectivity index (χ2n) is 7.50. The molecule has 0 fully saturated rings. The number of benzene rings is 3. The second-order valence-corrected chi connectivity index (χ2v) is 8.35. The summed E-state index contributed by atoms with van der Waals surface area (Å²) in [5.74, 6) is 0.413. The molecule has 33 heavy (non-hydrogen) atoms. The first-order valence-corrected chi connectivity index (χ1v) is 10.8. The van der Waals surface area contributed by atoms with E-state index in [-0.39, 0.29) is 12.4 Å². The molecule has 0 bridgehead atoms. The summed E-state index contributed by atoms with van der Waals surface area (Å²) in [5.41, 5.74) is 5.35. The van der Waals surface area contributed by atoms with Crippen molar-refractivity contribution in [2.45, 2.75) is 13.2 Å². The number of hydrogen-bond acceptors (Lipinski definition) is 5. The molecule has 9 heteroatoms. The number of nitrogens with one attached hydrogen (secondary N) is 2. The SMILES string of the molecule is CN(C)Cc1ccc(NC(=O)N/N=C/c2ccc(OCc3ccc(Cl)cc3Cl)cc2O)cc1. The minimum absolute atomic E-state index is 0.0443. The van der Waals surface area contributed by atoms with Crippen LogP contribution in [0.15, 0.2) is 65.8 Å². The van der Waals surface area contributed by atoms with Gasteiger partial charge in [0.25, 0.3) is 0 Å². The average molecular weight is 487 g/mol. The second kappa shape index (κ2) is 11.6. The highest BCUT2D eigenvalue weighted by atomic mass is 35.5. The van der Waals surface area contributed by atoms with Crippen LogP contribution in [0.4, 0.5) is 10.5 Å². The van der Waals surface area contributed by atoms with E-state index in [0.29, 0.717) is 27.0 Å². The Labute approximate surface area is 202 Å². The zero-order valence-corrected chi connectivity index (χ0v) is 19.7. The van der Waals surface area contributed by atoms with Gasteiger partial charge in [-0.2, -0.15) is 5.10 Å². The lowest BCUT2D eigenvalue weighted by Crippen LogP contribution is -2.24. The molecule has 0 unspecified atom stereocenters. The molecule has 3 aromatic carbocycles. The quantitative estimate of drug-likeness (QED) is 0.290. The number of phenolic OH excluding ortho intramolecular Hbond substituents is 1. The number of hydrogen-bond donors (Lipinski definition) is 3. The number of urea groups is 1. The van der Waals surface area contributed by atoms with Gasteiger partial charge in [0.15, 0.2) is 0 Å². The van der Waals surface area contributed by atoms with Crippen molar-refractivity contribution in [1.82, 2.24) is 10.3 Å². The maximum atomic E-state index is 12.0. The van der Waals surface area contributed by atoms with Crippen LogP contribution in [0.1, 0.15) is 16.7 Å². The fourth-order valence-corrected chi connectivity index (χ4v) is 3.36. The summed E-state index contributed by atoms with van der Waals surface area (Å²) in [4.78, 5) is 14.1. The predicted molar refractivity (Wildman–Crippen MR) is 132 cm³/mol. The maximum absolute atomic E-state index is 12.0. The molecule has 0 heterocycles. The maximum Gasteiger partial charge on any atom is 0.339 e. The van der Waals surface area contributed by atoms with E-state index in [4.69, 9.17) is 27.9 Å². The van der Waals surface area contributed by atoms with E-state index in [1.165, 1.54) is 12.3 Å². The number of rotatable bonds is 8. The molecule has 0 aromatic heterocycles. The molecular weight excluding hydrogens is 463 g/mol. The van der Waals surface area contributed by atoms with E-state index in [0.717, 1.165) is 17.7 Å². The normalized spacial score (nSPS) is 11.1. The summed E-state index contributed by atoms with van der Waals surface area (Å²) in [6.45, 7) is 1.04. The number of halogens is 2. The van der Waals surface area contributed by atoms with Gasteiger partial charge in [0.1, 0.15) is 18.1 Å². The van der Waals surface area contributed by atoms with E-state index in [1.54, 1.807) is 30.3 Å². The van der Waals surface area contributed by atoms with Crippen molar-refractivity contribution < 1.29 is 14.6 Å². The number of carbonyl (C=O) groups is 1. The standard InChI is InChI=1S/C24H24Cl2N4O3/c1-30(2)14-16-3-8-20(9-4-16)28-24(32)29-27-13-17-6-10-21(12-23(17)31)33-15-18-5-7-19(25)11-22(18)26/h3-13,31H,14-15H2,1-2H3,(H2,28,29,32)/b27-13+. The summed E-state index contributed by atoms with van der Waals surface area (Å²) >= 11 is 12.0. The number of phenols is 1. The Morgan fingerprint density at radius 3 is 2.52 bits per heavy atom. The molecule has 0 saturated carbocycles. The van der Waals surface area contributed by atoms with Crippen LogP contribution < -0.4 is 15.5 Å². The lowest BCUT2D eigenvalue weighted by molar-refractivity contribution is 0.252. The van der Waals surface area contributed by atoms with E-state index < -0.39 is 6.03 Å². The first kappa shape index (κ1) is 24.4. The van der Waals surface area contributed by atoms with E-state index in [2.05, 4.69) is 20.7 Å². The van der Waals surface area contributed by atoms with Crippen molar-refractivity contribution in [3.8, 4) is 11.5 Å². The Morgan fingerprint density at radius 2 is 1.85 bits per heavy atom. The predicted octanol–water partition coefficient (Wildman–Crippen LogP) is 5.50. The third-order valence-corrected chi connectivity index (χ3v) is 5.08. The molecule has 3 rings (SSSR count). The Balaban J connectivity index is 1.50. The number of ether oxygens (including phenoxy) is 1. The number of carbonyl (C=O) groups excluding carboxylic acids is 1. The minimum atomic E-state index is -0.495. The number of aromatic hydroxyl groups is 1. The van der Waals surface area contributed by atoms with E-state index in [1.807, 2.05) is 38.4 Å². The molecule has 172 valence electrons. The third kappa shape index (κ3) is 7.68. The van der Waals surface area contributed by atoms with Crippen molar-refractivity contribution in [3.05, 3.63) is 87.4 Å². The lowest BCUT2D eigenvalue weighted by Gasteiger charge is -2.10. The summed E-state index contributed by atoms with van der Waals surface area (Å²) in [6.07, 6.45) is 1.34. The molecule has 0 spiro atoms. The van der Waals surface area contributed by atoms with Gasteiger partial charge in [-0.25, -0.2) is 10.2 Å². The Bertz CT molecular complexity index is 1140. The number of hydrazone groups is 1. The van der Waals surface area contributed by atoms with E-state index in [9.17, 15) is 9.90 Å². The largest absolute Gasteiger partial charge is 0.507 e. The van der Waals surface area contributed by atoms with Crippen LogP contribution in [-0.4, -0.2) is 36.3 Å². The van der Waals surface area contributed by atoms with Crippen LogP contribution in [0.25, 0.3) is 0 Å². The molecule has 0 aliphatic heterocycles. The van der Waals surface area contributed by atoms with Crippen LogP contribution in [-0.2, 0) is 13.2 Å². The molecule has 0 aliphatic rings. The molecule has 0 radical (unpaired) electrons. The van der Waals surface area contributed by atoms with Crippen molar-refractivity contribution >= 4 is 41.1 Å². The van der Waals surface area contributed by atoms with Gasteiger partial charge in [0.05, 0.1) is 6.21 Å². The zero-order chi connectivity index (χ0) is 23.8. The molecule has 3 N–H and O–H groups in total. The van der Waals surface area contributed by atoms with Crippen molar-refractivity contribution in [3.63, 3.8) is 0 Å². The van der Waals surface area contributed by atoms with Gasteiger partial charge < -0.3 is 20.1 Å². The molecule has 2 amide bonds. The van der Waals surface area contributed by atoms with Crippen LogP contribution >= 0.6 is 23.2 Å². The van der Waals surface area contributed by atoms with Crippen molar-refractivity contribution in [2.24, 2.45) is 5.10 Å². The Hall–Kier alpha value is -3.26. The van der Waals surface area contributed by atoms with Gasteiger partial charge in [-0.3, -0.25) is 0 Å². The van der Waals surface area contributed by atoms with Crippen LogP contribution in [0, 0.1) is 0 Å². The number of anilines is 1. The Morgan fingerprint density at radius 1 is 1.09 bits per heavy atom. The molecule has 3 aromatic rings. The zero-order valence-electron chi connectivity index (χ0n) is 18.2. The first-order chi connectivity index (χ1) is 15.8. The Kier molecular flexibility index (Phi) is 8.54. The van der Waals surface area contributed by atoms with Gasteiger partial charge in [-0.15, -0.1) is 0 Å². The average Bonchev–Trinajstić information content (AvgIpc) is 2.75. The molecule has 0 saturated heterocycles. The number of amides is 2. The van der Waals surface area contributed by atoms with Gasteiger partial charge in [-0.1, -0.05) is 41.4 Å². The lowest BCUT2D eigenvalue weighted by atomic mass is 10.2. The van der Waals surface area contributed by atoms with E-state index >= 15 is 0 Å². The van der Waals surface area contributed by atoms with Crippen LogP contribution in [0.2, 0.25) is 10.0 Å². The monoisotopic (exact) mass is 486 g/mol. The van der Waals surface area contributed by atoms with Gasteiger partial charge in [0, 0.05) is 39.5 Å². The van der Waals surface area contributed by atoms with Crippen molar-refractivity contribution in [2.75, 3.05) is 19.4 Å². The first-order valence-electron chi connectivity index (χ1n) is 10.0. The highest BCUT2D eigenvalue weighted by Gasteiger charge is 2.06. The molecular formula is C24H24Cl2N4O3. The molecule has 7 nitrogen and oxygen atoms in total. The van der Waals surface area contributed by atoms with Gasteiger partial charge in [0.2, 0.25) is 0 Å². The van der Waals surface area contributed by atoms with Gasteiger partial charge in [-0.05, 0) is 56.1 Å².